The predicted molar refractivity (Wildman–Crippen MR) is 116 cm³/mol. The van der Waals surface area contributed by atoms with E-state index in [0.717, 1.165) is 39.5 Å². The lowest BCUT2D eigenvalue weighted by atomic mass is 9.86. The van der Waals surface area contributed by atoms with Gasteiger partial charge in [0, 0.05) is 24.7 Å². The van der Waals surface area contributed by atoms with E-state index in [-0.39, 0.29) is 11.7 Å². The zero-order valence-corrected chi connectivity index (χ0v) is 17.4. The molecule has 0 aliphatic carbocycles. The monoisotopic (exact) mass is 379 g/mol. The summed E-state index contributed by atoms with van der Waals surface area (Å²) < 4.78 is 10.8. The lowest BCUT2D eigenvalue weighted by molar-refractivity contribution is -0.117. The third-order valence-corrected chi connectivity index (χ3v) is 4.92. The first kappa shape index (κ1) is 21.4. The summed E-state index contributed by atoms with van der Waals surface area (Å²) in [6.07, 6.45) is 2.90. The number of rotatable bonds is 9. The van der Waals surface area contributed by atoms with Gasteiger partial charge < -0.3 is 14.3 Å². The van der Waals surface area contributed by atoms with Crippen molar-refractivity contribution >= 4 is 17.6 Å². The van der Waals surface area contributed by atoms with Gasteiger partial charge in [-0.2, -0.15) is 0 Å². The molecule has 0 aliphatic heterocycles. The Morgan fingerprint density at radius 2 is 1.82 bits per heavy atom. The first-order chi connectivity index (χ1) is 13.4. The molecule has 2 aromatic carbocycles. The van der Waals surface area contributed by atoms with Crippen LogP contribution in [0.15, 0.2) is 48.0 Å². The maximum Gasteiger partial charge on any atom is 0.130 e. The van der Waals surface area contributed by atoms with Crippen LogP contribution in [0.1, 0.15) is 47.9 Å². The maximum absolute atomic E-state index is 11.9. The fourth-order valence-electron chi connectivity index (χ4n) is 3.44. The molecule has 2 aromatic rings. The zero-order valence-electron chi connectivity index (χ0n) is 17.4. The van der Waals surface area contributed by atoms with Gasteiger partial charge >= 0.3 is 0 Å². The molecule has 1 unspecified atom stereocenters. The van der Waals surface area contributed by atoms with E-state index < -0.39 is 0 Å². The van der Waals surface area contributed by atoms with Crippen LogP contribution in [-0.4, -0.2) is 32.8 Å². The van der Waals surface area contributed by atoms with Gasteiger partial charge in [0.15, 0.2) is 0 Å². The summed E-state index contributed by atoms with van der Waals surface area (Å²) in [6.45, 7) is 7.47. The number of hydrogen-bond donors (Lipinski definition) is 0. The summed E-state index contributed by atoms with van der Waals surface area (Å²) in [6, 6.07) is 12.1. The van der Waals surface area contributed by atoms with Crippen LogP contribution in [0.2, 0.25) is 0 Å². The number of Topliss-reactive ketones (excluding diaryl/α,β-unsaturated/α-hetero) is 1. The fourth-order valence-corrected chi connectivity index (χ4v) is 3.44. The summed E-state index contributed by atoms with van der Waals surface area (Å²) in [5, 5.41) is 0. The molecule has 1 atom stereocenters. The largest absolute Gasteiger partial charge is 0.496 e. The average Bonchev–Trinajstić information content (AvgIpc) is 2.70. The minimum atomic E-state index is 0.0471. The van der Waals surface area contributed by atoms with Crippen molar-refractivity contribution in [3.8, 4) is 11.5 Å². The summed E-state index contributed by atoms with van der Waals surface area (Å²) >= 11 is 0. The molecule has 0 saturated heterocycles. The second-order valence-corrected chi connectivity index (χ2v) is 6.87. The van der Waals surface area contributed by atoms with Crippen LogP contribution >= 0.6 is 0 Å². The van der Waals surface area contributed by atoms with Gasteiger partial charge in [0.2, 0.25) is 0 Å². The quantitative estimate of drug-likeness (QED) is 0.561. The number of ether oxygens (including phenoxy) is 2. The van der Waals surface area contributed by atoms with E-state index in [4.69, 9.17) is 9.47 Å². The Bertz CT molecular complexity index is 883. The number of ketones is 1. The highest BCUT2D eigenvalue weighted by Gasteiger charge is 2.19. The highest BCUT2D eigenvalue weighted by molar-refractivity contribution is 6.01. The van der Waals surface area contributed by atoms with Crippen molar-refractivity contribution < 1.29 is 14.3 Å². The normalized spacial score (nSPS) is 12.4. The number of methoxy groups -OCH3 is 2. The van der Waals surface area contributed by atoms with Crippen LogP contribution in [0.4, 0.5) is 0 Å². The van der Waals surface area contributed by atoms with Gasteiger partial charge in [-0.05, 0) is 55.0 Å². The Labute approximate surface area is 167 Å². The molecule has 0 spiro atoms. The molecule has 0 radical (unpaired) electrons. The van der Waals surface area contributed by atoms with Gasteiger partial charge in [-0.3, -0.25) is 4.99 Å². The second-order valence-electron chi connectivity index (χ2n) is 6.87. The minimum absolute atomic E-state index is 0.0471. The Balaban J connectivity index is 2.38. The van der Waals surface area contributed by atoms with Crippen molar-refractivity contribution in [2.24, 2.45) is 4.99 Å². The van der Waals surface area contributed by atoms with E-state index in [9.17, 15) is 4.79 Å². The van der Waals surface area contributed by atoms with E-state index in [1.54, 1.807) is 34.3 Å². The van der Waals surface area contributed by atoms with Crippen molar-refractivity contribution in [3.05, 3.63) is 65.2 Å². The topological polar surface area (TPSA) is 47.9 Å². The van der Waals surface area contributed by atoms with E-state index in [1.165, 1.54) is 0 Å². The Kier molecular flexibility index (Phi) is 7.56. The third kappa shape index (κ3) is 5.10. The average molecular weight is 380 g/mol. The van der Waals surface area contributed by atoms with Gasteiger partial charge in [0.1, 0.15) is 17.3 Å². The second kappa shape index (κ2) is 9.88. The minimum Gasteiger partial charge on any atom is -0.496 e. The number of carbonyl (C=O) groups excluding carboxylic acids is 1. The Morgan fingerprint density at radius 3 is 2.36 bits per heavy atom. The molecule has 0 N–H and O–H groups in total. The third-order valence-electron chi connectivity index (χ3n) is 4.92. The molecule has 4 nitrogen and oxygen atoms in total. The number of aryl methyl sites for hydroxylation is 1. The number of carbonyl (C=O) groups is 1. The Morgan fingerprint density at radius 1 is 1.11 bits per heavy atom. The molecule has 148 valence electrons. The van der Waals surface area contributed by atoms with Gasteiger partial charge in [-0.15, -0.1) is 0 Å². The van der Waals surface area contributed by atoms with E-state index in [2.05, 4.69) is 17.6 Å². The van der Waals surface area contributed by atoms with Crippen LogP contribution in [0.3, 0.4) is 0 Å². The molecule has 2 rings (SSSR count). The predicted octanol–water partition coefficient (Wildman–Crippen LogP) is 5.23. The Hall–Kier alpha value is -2.88. The van der Waals surface area contributed by atoms with Crippen molar-refractivity contribution in [2.75, 3.05) is 21.3 Å². The molecule has 0 heterocycles. The molecule has 0 aliphatic rings. The zero-order chi connectivity index (χ0) is 20.7. The van der Waals surface area contributed by atoms with Gasteiger partial charge in [0.25, 0.3) is 0 Å². The van der Waals surface area contributed by atoms with Crippen LogP contribution in [0.25, 0.3) is 6.08 Å². The molecule has 0 saturated carbocycles. The lowest BCUT2D eigenvalue weighted by Gasteiger charge is -2.19. The van der Waals surface area contributed by atoms with E-state index in [0.29, 0.717) is 12.8 Å². The van der Waals surface area contributed by atoms with Crippen molar-refractivity contribution in [1.82, 2.24) is 0 Å². The first-order valence-corrected chi connectivity index (χ1v) is 9.33. The molecular formula is C24H29NO3. The van der Waals surface area contributed by atoms with Gasteiger partial charge in [-0.1, -0.05) is 36.9 Å². The standard InChI is InChI=1S/C24H29NO3/c1-7-18-8-9-20(15-24(18)28-6)22(25-4)14-21(13-17(3)26)19-10-11-23(27-5)16(2)12-19/h7-12,15,21H,1,13-14H2,2-6H3. The number of nitrogens with zero attached hydrogens (tertiary/aromatic N) is 1. The van der Waals surface area contributed by atoms with Crippen LogP contribution in [0, 0.1) is 6.92 Å². The summed E-state index contributed by atoms with van der Waals surface area (Å²) in [5.41, 5.74) is 5.04. The van der Waals surface area contributed by atoms with E-state index in [1.807, 2.05) is 37.3 Å². The van der Waals surface area contributed by atoms with Crippen LogP contribution < -0.4 is 9.47 Å². The van der Waals surface area contributed by atoms with Gasteiger partial charge in [-0.25, -0.2) is 0 Å². The molecule has 0 fully saturated rings. The number of benzene rings is 2. The molecule has 0 bridgehead atoms. The maximum atomic E-state index is 11.9. The summed E-state index contributed by atoms with van der Waals surface area (Å²) in [4.78, 5) is 16.4. The van der Waals surface area contributed by atoms with Gasteiger partial charge in [0.05, 0.1) is 14.2 Å². The molecule has 4 heteroatoms. The lowest BCUT2D eigenvalue weighted by Crippen LogP contribution is -2.12. The molecule has 0 aromatic heterocycles. The van der Waals surface area contributed by atoms with Crippen molar-refractivity contribution in [1.29, 1.82) is 0 Å². The molecular weight excluding hydrogens is 350 g/mol. The molecule has 28 heavy (non-hydrogen) atoms. The van der Waals surface area contributed by atoms with Crippen molar-refractivity contribution in [2.45, 2.75) is 32.6 Å². The number of aliphatic imine (C=N–C) groups is 1. The fraction of sp³-hybridized carbons (Fsp3) is 0.333. The highest BCUT2D eigenvalue weighted by atomic mass is 16.5. The molecule has 0 amide bonds. The SMILES string of the molecule is C=Cc1ccc(C(CC(CC(C)=O)c2ccc(OC)c(C)c2)=NC)cc1OC. The highest BCUT2D eigenvalue weighted by Crippen LogP contribution is 2.31. The smallest absolute Gasteiger partial charge is 0.130 e. The van der Waals surface area contributed by atoms with Crippen LogP contribution in [0.5, 0.6) is 11.5 Å². The van der Waals surface area contributed by atoms with Crippen LogP contribution in [-0.2, 0) is 4.79 Å². The first-order valence-electron chi connectivity index (χ1n) is 9.33. The summed E-state index contributed by atoms with van der Waals surface area (Å²) in [7, 11) is 5.10. The summed E-state index contributed by atoms with van der Waals surface area (Å²) in [5.74, 6) is 1.82. The van der Waals surface area contributed by atoms with E-state index >= 15 is 0 Å². The van der Waals surface area contributed by atoms with Crippen molar-refractivity contribution in [3.63, 3.8) is 0 Å². The number of hydrogen-bond acceptors (Lipinski definition) is 4.